The van der Waals surface area contributed by atoms with E-state index in [0.717, 1.165) is 35.3 Å². The molecule has 3 N–H and O–H groups in total. The number of hydrogen-bond acceptors (Lipinski definition) is 5. The van der Waals surface area contributed by atoms with E-state index in [9.17, 15) is 4.79 Å². The fourth-order valence-corrected chi connectivity index (χ4v) is 3.32. The van der Waals surface area contributed by atoms with Crippen molar-refractivity contribution in [2.45, 2.75) is 19.4 Å². The second-order valence-electron chi connectivity index (χ2n) is 6.23. The molecule has 1 atom stereocenters. The standard InChI is InChI=1S/C20H26N4O3S.HI/c1-2-21-20(23-11-6-10-22-19(25)18-9-5-12-28-18)24-13-15-14-26-16-7-3-4-8-17(16)27-15;/h3-5,7-9,12,15H,2,6,10-11,13-14H2,1H3,(H,22,25)(H2,21,23,24);1H. The van der Waals surface area contributed by atoms with Crippen molar-refractivity contribution in [1.82, 2.24) is 16.0 Å². The molecule has 1 aromatic heterocycles. The summed E-state index contributed by atoms with van der Waals surface area (Å²) in [5.41, 5.74) is 0. The Morgan fingerprint density at radius 2 is 1.93 bits per heavy atom. The van der Waals surface area contributed by atoms with Gasteiger partial charge in [-0.05, 0) is 36.9 Å². The number of halogens is 1. The van der Waals surface area contributed by atoms with Crippen LogP contribution in [0, 0.1) is 0 Å². The highest BCUT2D eigenvalue weighted by molar-refractivity contribution is 14.0. The van der Waals surface area contributed by atoms with Crippen LogP contribution < -0.4 is 25.4 Å². The summed E-state index contributed by atoms with van der Waals surface area (Å²) in [4.78, 5) is 17.2. The highest BCUT2D eigenvalue weighted by Gasteiger charge is 2.20. The van der Waals surface area contributed by atoms with Crippen molar-refractivity contribution in [1.29, 1.82) is 0 Å². The van der Waals surface area contributed by atoms with Gasteiger partial charge in [0.1, 0.15) is 6.61 Å². The number of carbonyl (C=O) groups is 1. The number of aliphatic imine (C=N–C) groups is 1. The molecule has 0 radical (unpaired) electrons. The first-order valence-electron chi connectivity index (χ1n) is 9.48. The van der Waals surface area contributed by atoms with Gasteiger partial charge >= 0.3 is 0 Å². The van der Waals surface area contributed by atoms with Crippen LogP contribution in [0.2, 0.25) is 0 Å². The summed E-state index contributed by atoms with van der Waals surface area (Å²) in [6.45, 7) is 5.09. The van der Waals surface area contributed by atoms with E-state index in [1.54, 1.807) is 0 Å². The van der Waals surface area contributed by atoms with Gasteiger partial charge in [-0.3, -0.25) is 4.79 Å². The zero-order valence-electron chi connectivity index (χ0n) is 16.3. The zero-order chi connectivity index (χ0) is 19.6. The molecule has 1 aliphatic heterocycles. The Labute approximate surface area is 192 Å². The van der Waals surface area contributed by atoms with Gasteiger partial charge in [-0.1, -0.05) is 18.2 Å². The molecule has 9 heteroatoms. The number of hydrogen-bond donors (Lipinski definition) is 3. The summed E-state index contributed by atoms with van der Waals surface area (Å²) in [5, 5.41) is 11.3. The van der Waals surface area contributed by atoms with Crippen LogP contribution in [0.3, 0.4) is 0 Å². The van der Waals surface area contributed by atoms with Crippen molar-refractivity contribution < 1.29 is 14.3 Å². The maximum absolute atomic E-state index is 11.9. The van der Waals surface area contributed by atoms with Crippen molar-refractivity contribution in [3.63, 3.8) is 0 Å². The predicted molar refractivity (Wildman–Crippen MR) is 127 cm³/mol. The van der Waals surface area contributed by atoms with Crippen LogP contribution in [0.4, 0.5) is 0 Å². The topological polar surface area (TPSA) is 84.0 Å². The Balaban J connectivity index is 0.00000300. The Morgan fingerprint density at radius 3 is 2.69 bits per heavy atom. The minimum Gasteiger partial charge on any atom is -0.486 e. The molecule has 3 rings (SSSR count). The molecular weight excluding hydrogens is 503 g/mol. The van der Waals surface area contributed by atoms with E-state index in [0.29, 0.717) is 26.2 Å². The van der Waals surface area contributed by atoms with Crippen molar-refractivity contribution in [2.75, 3.05) is 32.8 Å². The number of guanidine groups is 1. The van der Waals surface area contributed by atoms with E-state index < -0.39 is 0 Å². The molecule has 1 unspecified atom stereocenters. The first kappa shape index (κ1) is 23.3. The van der Waals surface area contributed by atoms with Crippen LogP contribution in [0.5, 0.6) is 11.5 Å². The largest absolute Gasteiger partial charge is 0.486 e. The van der Waals surface area contributed by atoms with Gasteiger partial charge in [-0.2, -0.15) is 0 Å². The number of rotatable bonds is 8. The first-order chi connectivity index (χ1) is 13.8. The summed E-state index contributed by atoms with van der Waals surface area (Å²) in [6.07, 6.45) is 0.688. The van der Waals surface area contributed by atoms with Crippen molar-refractivity contribution in [3.05, 3.63) is 46.7 Å². The Kier molecular flexibility index (Phi) is 10.1. The second kappa shape index (κ2) is 12.5. The third-order valence-electron chi connectivity index (χ3n) is 4.04. The summed E-state index contributed by atoms with van der Waals surface area (Å²) < 4.78 is 11.7. The lowest BCUT2D eigenvalue weighted by Crippen LogP contribution is -2.40. The van der Waals surface area contributed by atoms with Crippen LogP contribution in [-0.2, 0) is 0 Å². The van der Waals surface area contributed by atoms with E-state index in [-0.39, 0.29) is 36.0 Å². The molecule has 2 heterocycles. The molecule has 1 aliphatic rings. The number of ether oxygens (including phenoxy) is 2. The second-order valence-corrected chi connectivity index (χ2v) is 7.18. The van der Waals surface area contributed by atoms with Gasteiger partial charge in [0, 0.05) is 19.6 Å². The monoisotopic (exact) mass is 530 g/mol. The summed E-state index contributed by atoms with van der Waals surface area (Å²) >= 11 is 1.44. The van der Waals surface area contributed by atoms with Crippen LogP contribution in [0.15, 0.2) is 46.8 Å². The maximum atomic E-state index is 11.9. The smallest absolute Gasteiger partial charge is 0.261 e. The number of fused-ring (bicyclic) bond motifs is 1. The molecule has 0 fully saturated rings. The normalized spacial score (nSPS) is 15.2. The van der Waals surface area contributed by atoms with Gasteiger partial charge in [0.15, 0.2) is 23.6 Å². The predicted octanol–water partition coefficient (Wildman–Crippen LogP) is 2.88. The van der Waals surface area contributed by atoms with E-state index in [2.05, 4.69) is 20.9 Å². The highest BCUT2D eigenvalue weighted by atomic mass is 127. The van der Waals surface area contributed by atoms with Crippen LogP contribution in [0.1, 0.15) is 23.0 Å². The summed E-state index contributed by atoms with van der Waals surface area (Å²) in [5.74, 6) is 2.24. The Bertz CT molecular complexity index is 786. The van der Waals surface area contributed by atoms with Crippen molar-refractivity contribution in [3.8, 4) is 11.5 Å². The lowest BCUT2D eigenvalue weighted by Gasteiger charge is -2.25. The molecule has 2 aromatic rings. The van der Waals surface area contributed by atoms with Crippen LogP contribution in [-0.4, -0.2) is 50.8 Å². The Morgan fingerprint density at radius 1 is 1.14 bits per heavy atom. The molecule has 7 nitrogen and oxygen atoms in total. The van der Waals surface area contributed by atoms with Gasteiger partial charge in [-0.15, -0.1) is 35.3 Å². The average Bonchev–Trinajstić information content (AvgIpc) is 3.26. The van der Waals surface area contributed by atoms with E-state index in [1.165, 1.54) is 11.3 Å². The lowest BCUT2D eigenvalue weighted by atomic mass is 10.2. The first-order valence-corrected chi connectivity index (χ1v) is 10.4. The number of para-hydroxylation sites is 2. The van der Waals surface area contributed by atoms with Gasteiger partial charge < -0.3 is 25.4 Å². The van der Waals surface area contributed by atoms with Crippen molar-refractivity contribution >= 4 is 47.2 Å². The fraction of sp³-hybridized carbons (Fsp3) is 0.400. The number of amides is 1. The molecule has 0 spiro atoms. The van der Waals surface area contributed by atoms with Crippen LogP contribution >= 0.6 is 35.3 Å². The SMILES string of the molecule is CCNC(=NCC1COc2ccccc2O1)NCCCNC(=O)c1cccs1.I. The fourth-order valence-electron chi connectivity index (χ4n) is 2.68. The molecule has 158 valence electrons. The third-order valence-corrected chi connectivity index (χ3v) is 4.91. The average molecular weight is 530 g/mol. The summed E-state index contributed by atoms with van der Waals surface area (Å²) in [7, 11) is 0. The van der Waals surface area contributed by atoms with Gasteiger partial charge in [-0.25, -0.2) is 4.99 Å². The molecule has 0 bridgehead atoms. The number of carbonyl (C=O) groups excluding carboxylic acids is 1. The summed E-state index contributed by atoms with van der Waals surface area (Å²) in [6, 6.07) is 11.4. The van der Waals surface area contributed by atoms with Crippen LogP contribution in [0.25, 0.3) is 0 Å². The molecule has 1 amide bonds. The zero-order valence-corrected chi connectivity index (χ0v) is 19.5. The minimum absolute atomic E-state index is 0. The molecule has 0 aliphatic carbocycles. The lowest BCUT2D eigenvalue weighted by molar-refractivity contribution is 0.0957. The van der Waals surface area contributed by atoms with Gasteiger partial charge in [0.2, 0.25) is 0 Å². The molecule has 1 aromatic carbocycles. The number of thiophene rings is 1. The maximum Gasteiger partial charge on any atom is 0.261 e. The molecule has 29 heavy (non-hydrogen) atoms. The van der Waals surface area contributed by atoms with Gasteiger partial charge in [0.25, 0.3) is 5.91 Å². The van der Waals surface area contributed by atoms with E-state index in [4.69, 9.17) is 9.47 Å². The quantitative estimate of drug-likeness (QED) is 0.212. The number of nitrogens with one attached hydrogen (secondary N) is 3. The van der Waals surface area contributed by atoms with Crippen molar-refractivity contribution in [2.24, 2.45) is 4.99 Å². The van der Waals surface area contributed by atoms with E-state index in [1.807, 2.05) is 48.7 Å². The molecule has 0 saturated carbocycles. The number of nitrogens with zero attached hydrogens (tertiary/aromatic N) is 1. The molecule has 0 saturated heterocycles. The number of benzene rings is 1. The minimum atomic E-state index is -0.115. The highest BCUT2D eigenvalue weighted by Crippen LogP contribution is 2.30. The molecular formula is C20H27IN4O3S. The van der Waals surface area contributed by atoms with E-state index >= 15 is 0 Å². The Hall–Kier alpha value is -2.01. The third kappa shape index (κ3) is 7.39. The van der Waals surface area contributed by atoms with Gasteiger partial charge in [0.05, 0.1) is 11.4 Å².